The van der Waals surface area contributed by atoms with Crippen molar-refractivity contribution >= 4 is 0 Å². The second kappa shape index (κ2) is 7.02. The van der Waals surface area contributed by atoms with Gasteiger partial charge in [0.15, 0.2) is 0 Å². The van der Waals surface area contributed by atoms with Crippen LogP contribution in [0.15, 0.2) is 23.3 Å². The molecule has 0 amide bonds. The second-order valence-corrected chi connectivity index (χ2v) is 5.89. The Morgan fingerprint density at radius 3 is 3.05 bits per heavy atom. The van der Waals surface area contributed by atoms with Gasteiger partial charge in [0.05, 0.1) is 19.3 Å². The normalized spacial score (nSPS) is 19.3. The first kappa shape index (κ1) is 15.2. The predicted octanol–water partition coefficient (Wildman–Crippen LogP) is 1.03. The number of nitrogens with zero attached hydrogens (tertiary/aromatic N) is 6. The Labute approximate surface area is 130 Å². The summed E-state index contributed by atoms with van der Waals surface area (Å²) in [5.41, 5.74) is 0. The molecule has 0 saturated carbocycles. The van der Waals surface area contributed by atoms with Crippen molar-refractivity contribution in [1.29, 1.82) is 0 Å². The Morgan fingerprint density at radius 1 is 1.41 bits per heavy atom. The van der Waals surface area contributed by atoms with Crippen LogP contribution < -0.4 is 0 Å². The molecule has 7 nitrogen and oxygen atoms in total. The molecule has 22 heavy (non-hydrogen) atoms. The SMILES string of the molecule is CCc1cnc(CN(C)[C@H]2CCN(CCn3cncn3)C2)o1. The average molecular weight is 304 g/mol. The monoisotopic (exact) mass is 304 g/mol. The third-order valence-corrected chi connectivity index (χ3v) is 4.32. The van der Waals surface area contributed by atoms with Crippen molar-refractivity contribution in [3.05, 3.63) is 30.5 Å². The van der Waals surface area contributed by atoms with E-state index in [2.05, 4.69) is 38.8 Å². The molecule has 1 fully saturated rings. The zero-order valence-electron chi connectivity index (χ0n) is 13.4. The van der Waals surface area contributed by atoms with E-state index in [4.69, 9.17) is 4.42 Å². The average Bonchev–Trinajstić information content (AvgIpc) is 3.26. The van der Waals surface area contributed by atoms with Crippen molar-refractivity contribution in [3.63, 3.8) is 0 Å². The summed E-state index contributed by atoms with van der Waals surface area (Å²) < 4.78 is 7.59. The van der Waals surface area contributed by atoms with Crippen LogP contribution in [0.4, 0.5) is 0 Å². The Balaban J connectivity index is 1.45. The minimum Gasteiger partial charge on any atom is -0.444 e. The lowest BCUT2D eigenvalue weighted by atomic mass is 10.2. The van der Waals surface area contributed by atoms with Gasteiger partial charge in [-0.3, -0.25) is 14.5 Å². The molecule has 1 atom stereocenters. The number of likely N-dealkylation sites (N-methyl/N-ethyl adjacent to an activating group) is 1. The van der Waals surface area contributed by atoms with Crippen molar-refractivity contribution in [2.45, 2.75) is 38.9 Å². The molecule has 0 aromatic carbocycles. The van der Waals surface area contributed by atoms with Gasteiger partial charge in [-0.25, -0.2) is 9.97 Å². The van der Waals surface area contributed by atoms with Gasteiger partial charge in [0, 0.05) is 25.6 Å². The summed E-state index contributed by atoms with van der Waals surface area (Å²) in [6, 6.07) is 0.563. The van der Waals surface area contributed by atoms with Crippen LogP contribution in [0.25, 0.3) is 0 Å². The first-order chi connectivity index (χ1) is 10.7. The van der Waals surface area contributed by atoms with Crippen molar-refractivity contribution in [2.24, 2.45) is 0 Å². The van der Waals surface area contributed by atoms with Gasteiger partial charge in [-0.15, -0.1) is 0 Å². The third kappa shape index (κ3) is 3.72. The molecule has 1 aliphatic rings. The fourth-order valence-corrected chi connectivity index (χ4v) is 2.89. The zero-order valence-corrected chi connectivity index (χ0v) is 13.4. The van der Waals surface area contributed by atoms with E-state index in [0.29, 0.717) is 6.04 Å². The molecule has 1 saturated heterocycles. The lowest BCUT2D eigenvalue weighted by molar-refractivity contribution is 0.203. The van der Waals surface area contributed by atoms with Crippen LogP contribution in [0.3, 0.4) is 0 Å². The third-order valence-electron chi connectivity index (χ3n) is 4.32. The van der Waals surface area contributed by atoms with E-state index in [1.165, 1.54) is 6.42 Å². The maximum Gasteiger partial charge on any atom is 0.208 e. The first-order valence-corrected chi connectivity index (χ1v) is 7.93. The second-order valence-electron chi connectivity index (χ2n) is 5.89. The summed E-state index contributed by atoms with van der Waals surface area (Å²) in [5.74, 6) is 1.78. The van der Waals surface area contributed by atoms with Crippen LogP contribution in [-0.4, -0.2) is 62.3 Å². The standard InChI is InChI=1S/C15H24N6O/c1-3-14-8-17-15(22-14)10-19(2)13-4-5-20(9-13)6-7-21-12-16-11-18-21/h8,11-13H,3-7,9-10H2,1-2H3/t13-/m0/s1. The van der Waals surface area contributed by atoms with Gasteiger partial charge < -0.3 is 4.42 Å². The quantitative estimate of drug-likeness (QED) is 0.761. The van der Waals surface area contributed by atoms with E-state index in [0.717, 1.165) is 50.8 Å². The van der Waals surface area contributed by atoms with Gasteiger partial charge in [-0.1, -0.05) is 6.92 Å². The summed E-state index contributed by atoms with van der Waals surface area (Å²) >= 11 is 0. The number of aromatic nitrogens is 4. The summed E-state index contributed by atoms with van der Waals surface area (Å²) in [4.78, 5) is 13.2. The van der Waals surface area contributed by atoms with E-state index in [9.17, 15) is 0 Å². The molecule has 0 radical (unpaired) electrons. The van der Waals surface area contributed by atoms with E-state index < -0.39 is 0 Å². The van der Waals surface area contributed by atoms with Crippen molar-refractivity contribution < 1.29 is 4.42 Å². The summed E-state index contributed by atoms with van der Waals surface area (Å²) in [5, 5.41) is 4.15. The molecule has 3 heterocycles. The molecule has 0 N–H and O–H groups in total. The smallest absolute Gasteiger partial charge is 0.208 e. The minimum atomic E-state index is 0.563. The zero-order chi connectivity index (χ0) is 15.4. The van der Waals surface area contributed by atoms with Crippen LogP contribution in [0.2, 0.25) is 0 Å². The number of likely N-dealkylation sites (tertiary alicyclic amines) is 1. The van der Waals surface area contributed by atoms with Gasteiger partial charge in [-0.2, -0.15) is 5.10 Å². The van der Waals surface area contributed by atoms with E-state index in [1.807, 2.05) is 10.9 Å². The number of rotatable bonds is 7. The molecular weight excluding hydrogens is 280 g/mol. The molecule has 120 valence electrons. The highest BCUT2D eigenvalue weighted by Crippen LogP contribution is 2.17. The number of hydrogen-bond acceptors (Lipinski definition) is 6. The van der Waals surface area contributed by atoms with Crippen LogP contribution in [-0.2, 0) is 19.5 Å². The maximum absolute atomic E-state index is 5.70. The number of hydrogen-bond donors (Lipinski definition) is 0. The molecule has 1 aliphatic heterocycles. The van der Waals surface area contributed by atoms with E-state index >= 15 is 0 Å². The van der Waals surface area contributed by atoms with Crippen LogP contribution in [0.1, 0.15) is 25.0 Å². The summed E-state index contributed by atoms with van der Waals surface area (Å²) in [6.07, 6.45) is 7.28. The number of aryl methyl sites for hydroxylation is 1. The highest BCUT2D eigenvalue weighted by molar-refractivity contribution is 4.94. The molecule has 2 aromatic heterocycles. The molecular formula is C15H24N6O. The fourth-order valence-electron chi connectivity index (χ4n) is 2.89. The maximum atomic E-state index is 5.70. The Hall–Kier alpha value is -1.73. The van der Waals surface area contributed by atoms with Gasteiger partial charge in [0.2, 0.25) is 5.89 Å². The highest BCUT2D eigenvalue weighted by atomic mass is 16.4. The largest absolute Gasteiger partial charge is 0.444 e. The molecule has 3 rings (SSSR count). The molecule has 7 heteroatoms. The Bertz CT molecular complexity index is 566. The van der Waals surface area contributed by atoms with Gasteiger partial charge in [0.25, 0.3) is 0 Å². The predicted molar refractivity (Wildman–Crippen MR) is 82.2 cm³/mol. The highest BCUT2D eigenvalue weighted by Gasteiger charge is 2.26. The van der Waals surface area contributed by atoms with Crippen molar-refractivity contribution in [2.75, 3.05) is 26.7 Å². The lowest BCUT2D eigenvalue weighted by Gasteiger charge is -2.23. The molecule has 0 aliphatic carbocycles. The summed E-state index contributed by atoms with van der Waals surface area (Å²) in [7, 11) is 2.15. The van der Waals surface area contributed by atoms with Crippen LogP contribution >= 0.6 is 0 Å². The lowest BCUT2D eigenvalue weighted by Crippen LogP contribution is -2.35. The van der Waals surface area contributed by atoms with Gasteiger partial charge >= 0.3 is 0 Å². The Kier molecular flexibility index (Phi) is 4.84. The van der Waals surface area contributed by atoms with Gasteiger partial charge in [-0.05, 0) is 20.0 Å². The Morgan fingerprint density at radius 2 is 2.32 bits per heavy atom. The van der Waals surface area contributed by atoms with E-state index in [1.54, 1.807) is 12.7 Å². The van der Waals surface area contributed by atoms with Gasteiger partial charge in [0.1, 0.15) is 18.4 Å². The van der Waals surface area contributed by atoms with E-state index in [-0.39, 0.29) is 0 Å². The van der Waals surface area contributed by atoms with Crippen molar-refractivity contribution in [3.8, 4) is 0 Å². The van der Waals surface area contributed by atoms with Crippen LogP contribution in [0, 0.1) is 0 Å². The topological polar surface area (TPSA) is 63.2 Å². The summed E-state index contributed by atoms with van der Waals surface area (Å²) in [6.45, 7) is 7.00. The fraction of sp³-hybridized carbons (Fsp3) is 0.667. The molecule has 2 aromatic rings. The minimum absolute atomic E-state index is 0.563. The van der Waals surface area contributed by atoms with Crippen LogP contribution in [0.5, 0.6) is 0 Å². The molecule has 0 unspecified atom stereocenters. The number of oxazole rings is 1. The van der Waals surface area contributed by atoms with Crippen molar-refractivity contribution in [1.82, 2.24) is 29.5 Å². The molecule has 0 bridgehead atoms. The first-order valence-electron chi connectivity index (χ1n) is 7.93. The molecule has 0 spiro atoms.